The van der Waals surface area contributed by atoms with Crippen molar-refractivity contribution in [2.24, 2.45) is 0 Å². The van der Waals surface area contributed by atoms with Crippen LogP contribution in [-0.2, 0) is 9.84 Å². The van der Waals surface area contributed by atoms with Crippen molar-refractivity contribution in [2.75, 3.05) is 0 Å². The number of ketones is 1. The molecule has 1 aromatic carbocycles. The van der Waals surface area contributed by atoms with E-state index in [0.717, 1.165) is 24.3 Å². The number of aromatic nitrogens is 1. The van der Waals surface area contributed by atoms with Crippen LogP contribution in [0.2, 0.25) is 0 Å². The molecule has 1 aromatic heterocycles. The molecule has 1 N–H and O–H groups in total. The number of hydrogen-bond acceptors (Lipinski definition) is 5. The van der Waals surface area contributed by atoms with Gasteiger partial charge in [-0.25, -0.2) is 8.42 Å². The maximum absolute atomic E-state index is 12.7. The number of halogens is 3. The van der Waals surface area contributed by atoms with Gasteiger partial charge in [0, 0.05) is 18.0 Å². The first kappa shape index (κ1) is 18.1. The highest BCUT2D eigenvalue weighted by molar-refractivity contribution is 7.91. The summed E-state index contributed by atoms with van der Waals surface area (Å²) in [5, 5.41) is 9.38. The molecule has 0 aliphatic heterocycles. The number of hydrogen-bond donors (Lipinski definition) is 1. The van der Waals surface area contributed by atoms with Gasteiger partial charge in [0.2, 0.25) is 21.2 Å². The molecule has 2 aromatic rings. The molecule has 0 aliphatic rings. The average Bonchev–Trinajstić information content (AvgIpc) is 2.54. The minimum Gasteiger partial charge on any atom is -0.374 e. The normalized spacial score (nSPS) is 14.9. The summed E-state index contributed by atoms with van der Waals surface area (Å²) >= 11 is 0. The van der Waals surface area contributed by atoms with Gasteiger partial charge in [-0.15, -0.1) is 0 Å². The number of benzene rings is 1. The molecule has 0 radical (unpaired) electrons. The van der Waals surface area contributed by atoms with E-state index in [-0.39, 0.29) is 9.79 Å². The molecule has 0 fully saturated rings. The van der Waals surface area contributed by atoms with Crippen molar-refractivity contribution < 1.29 is 31.5 Å². The Bertz CT molecular complexity index is 845. The number of aliphatic hydroxyl groups is 1. The van der Waals surface area contributed by atoms with Crippen LogP contribution in [-0.4, -0.2) is 36.1 Å². The van der Waals surface area contributed by atoms with Crippen molar-refractivity contribution in [3.05, 3.63) is 54.4 Å². The third kappa shape index (κ3) is 3.17. The smallest absolute Gasteiger partial charge is 0.374 e. The quantitative estimate of drug-likeness (QED) is 0.848. The lowest BCUT2D eigenvalue weighted by molar-refractivity contribution is -0.229. The molecule has 0 amide bonds. The molecular formula is C15H12F3NO4S. The van der Waals surface area contributed by atoms with Crippen LogP contribution in [0.4, 0.5) is 13.2 Å². The van der Waals surface area contributed by atoms with Crippen molar-refractivity contribution in [1.29, 1.82) is 0 Å². The maximum atomic E-state index is 12.7. The summed E-state index contributed by atoms with van der Waals surface area (Å²) in [5.41, 5.74) is -4.01. The molecule has 24 heavy (non-hydrogen) atoms. The summed E-state index contributed by atoms with van der Waals surface area (Å²) in [6.07, 6.45) is -2.58. The van der Waals surface area contributed by atoms with Gasteiger partial charge in [0.25, 0.3) is 0 Å². The largest absolute Gasteiger partial charge is 0.424 e. The van der Waals surface area contributed by atoms with Gasteiger partial charge >= 0.3 is 6.18 Å². The number of pyridine rings is 1. The first-order valence-electron chi connectivity index (χ1n) is 6.57. The molecule has 2 rings (SSSR count). The summed E-state index contributed by atoms with van der Waals surface area (Å²) in [6.45, 7) is 0.344. The maximum Gasteiger partial charge on any atom is 0.424 e. The molecular weight excluding hydrogens is 347 g/mol. The Balaban J connectivity index is 2.37. The highest BCUT2D eigenvalue weighted by Crippen LogP contribution is 2.33. The molecule has 0 saturated carbocycles. The van der Waals surface area contributed by atoms with Crippen LogP contribution in [0.3, 0.4) is 0 Å². The van der Waals surface area contributed by atoms with Crippen LogP contribution >= 0.6 is 0 Å². The Morgan fingerprint density at radius 3 is 1.92 bits per heavy atom. The third-order valence-corrected chi connectivity index (χ3v) is 5.17. The lowest BCUT2D eigenvalue weighted by Gasteiger charge is -2.24. The van der Waals surface area contributed by atoms with Crippen LogP contribution < -0.4 is 0 Å². The van der Waals surface area contributed by atoms with Gasteiger partial charge in [-0.05, 0) is 43.3 Å². The Morgan fingerprint density at radius 1 is 1.00 bits per heavy atom. The Hall–Kier alpha value is -2.26. The van der Waals surface area contributed by atoms with E-state index < -0.39 is 33.0 Å². The predicted molar refractivity (Wildman–Crippen MR) is 77.1 cm³/mol. The molecule has 5 nitrogen and oxygen atoms in total. The summed E-state index contributed by atoms with van der Waals surface area (Å²) in [7, 11) is -3.88. The third-order valence-electron chi connectivity index (χ3n) is 3.38. The number of alkyl halides is 3. The van der Waals surface area contributed by atoms with Crippen LogP contribution in [0.15, 0.2) is 58.6 Å². The monoisotopic (exact) mass is 359 g/mol. The van der Waals surface area contributed by atoms with E-state index in [2.05, 4.69) is 4.98 Å². The number of sulfone groups is 1. The van der Waals surface area contributed by atoms with Crippen molar-refractivity contribution in [2.45, 2.75) is 28.5 Å². The van der Waals surface area contributed by atoms with Gasteiger partial charge in [0.15, 0.2) is 0 Å². The first-order valence-corrected chi connectivity index (χ1v) is 8.05. The predicted octanol–water partition coefficient (Wildman–Crippen LogP) is 2.41. The Morgan fingerprint density at radius 2 is 1.46 bits per heavy atom. The number of carbonyl (C=O) groups is 1. The minimum absolute atomic E-state index is 0.0427. The molecule has 0 spiro atoms. The average molecular weight is 359 g/mol. The second-order valence-electron chi connectivity index (χ2n) is 5.11. The summed E-state index contributed by atoms with van der Waals surface area (Å²) in [6, 6.07) is 6.41. The van der Waals surface area contributed by atoms with Crippen molar-refractivity contribution in [3.8, 4) is 0 Å². The fourth-order valence-electron chi connectivity index (χ4n) is 1.85. The second kappa shape index (κ2) is 5.99. The topological polar surface area (TPSA) is 84.3 Å². The fourth-order valence-corrected chi connectivity index (χ4v) is 3.10. The summed E-state index contributed by atoms with van der Waals surface area (Å²) < 4.78 is 62.7. The number of Topliss-reactive ketones (excluding diaryl/α,β-unsaturated/α-hetero) is 1. The highest BCUT2D eigenvalue weighted by atomic mass is 32.2. The molecule has 128 valence electrons. The van der Waals surface area contributed by atoms with E-state index in [4.69, 9.17) is 0 Å². The molecule has 0 aliphatic carbocycles. The van der Waals surface area contributed by atoms with E-state index in [1.165, 1.54) is 24.5 Å². The van der Waals surface area contributed by atoms with Crippen molar-refractivity contribution >= 4 is 15.6 Å². The lowest BCUT2D eigenvalue weighted by atomic mass is 9.94. The van der Waals surface area contributed by atoms with E-state index in [1.807, 2.05) is 0 Å². The van der Waals surface area contributed by atoms with E-state index in [1.54, 1.807) is 0 Å². The first-order chi connectivity index (χ1) is 11.0. The number of carbonyl (C=O) groups excluding carboxylic acids is 1. The van der Waals surface area contributed by atoms with Crippen LogP contribution in [0.1, 0.15) is 17.3 Å². The zero-order valence-electron chi connectivity index (χ0n) is 12.3. The van der Waals surface area contributed by atoms with Gasteiger partial charge in [0.1, 0.15) is 0 Å². The standard InChI is InChI=1S/C15H12F3NO4S/c1-14(21,15(16,17)18)13(20)10-2-4-11(5-3-10)24(22,23)12-6-8-19-9-7-12/h2-9,21H,1H3/t14-/m1/s1. The zero-order chi connectivity index (χ0) is 18.2. The fraction of sp³-hybridized carbons (Fsp3) is 0.200. The lowest BCUT2D eigenvalue weighted by Crippen LogP contribution is -2.49. The number of nitrogens with zero attached hydrogens (tertiary/aromatic N) is 1. The Labute approximate surface area is 135 Å². The van der Waals surface area contributed by atoms with Gasteiger partial charge in [0.05, 0.1) is 9.79 Å². The van der Waals surface area contributed by atoms with Crippen molar-refractivity contribution in [1.82, 2.24) is 4.98 Å². The van der Waals surface area contributed by atoms with Gasteiger partial charge < -0.3 is 5.11 Å². The molecule has 0 unspecified atom stereocenters. The van der Waals surface area contributed by atoms with Crippen LogP contribution in [0.25, 0.3) is 0 Å². The van der Waals surface area contributed by atoms with E-state index >= 15 is 0 Å². The summed E-state index contributed by atoms with van der Waals surface area (Å²) in [4.78, 5) is 15.3. The Kier molecular flexibility index (Phi) is 4.51. The molecule has 1 atom stereocenters. The SMILES string of the molecule is C[C@@](O)(C(=O)c1ccc(S(=O)(=O)c2ccncc2)cc1)C(F)(F)F. The van der Waals surface area contributed by atoms with Gasteiger partial charge in [-0.2, -0.15) is 13.2 Å². The molecule has 1 heterocycles. The van der Waals surface area contributed by atoms with Crippen molar-refractivity contribution in [3.63, 3.8) is 0 Å². The number of rotatable bonds is 4. The molecule has 0 saturated heterocycles. The second-order valence-corrected chi connectivity index (χ2v) is 7.06. The van der Waals surface area contributed by atoms with E-state index in [0.29, 0.717) is 6.92 Å². The zero-order valence-corrected chi connectivity index (χ0v) is 13.1. The van der Waals surface area contributed by atoms with E-state index in [9.17, 15) is 31.5 Å². The van der Waals surface area contributed by atoms with Gasteiger partial charge in [-0.3, -0.25) is 9.78 Å². The highest BCUT2D eigenvalue weighted by Gasteiger charge is 2.55. The summed E-state index contributed by atoms with van der Waals surface area (Å²) in [5.74, 6) is -1.57. The van der Waals surface area contributed by atoms with Crippen LogP contribution in [0, 0.1) is 0 Å². The molecule has 0 bridgehead atoms. The minimum atomic E-state index is -5.15. The molecule has 9 heteroatoms. The van der Waals surface area contributed by atoms with Gasteiger partial charge in [-0.1, -0.05) is 0 Å². The van der Waals surface area contributed by atoms with Crippen LogP contribution in [0.5, 0.6) is 0 Å².